The summed E-state index contributed by atoms with van der Waals surface area (Å²) < 4.78 is 21.9. The Morgan fingerprint density at radius 1 is 1.41 bits per heavy atom. The van der Waals surface area contributed by atoms with Gasteiger partial charge in [-0.15, -0.1) is 0 Å². The highest BCUT2D eigenvalue weighted by Gasteiger charge is 2.56. The van der Waals surface area contributed by atoms with Gasteiger partial charge in [0.15, 0.2) is 6.29 Å². The maximum atomic E-state index is 11.8. The average molecular weight is 242 g/mol. The van der Waals surface area contributed by atoms with Crippen LogP contribution < -0.4 is 0 Å². The summed E-state index contributed by atoms with van der Waals surface area (Å²) >= 11 is 0. The Balaban J connectivity index is 2.44. The summed E-state index contributed by atoms with van der Waals surface area (Å²) in [4.78, 5) is 11.8. The maximum Gasteiger partial charge on any atom is 0.339 e. The van der Waals surface area contributed by atoms with Gasteiger partial charge in [0.05, 0.1) is 7.11 Å². The molecule has 0 spiro atoms. The Labute approximate surface area is 101 Å². The molecule has 1 fully saturated rings. The van der Waals surface area contributed by atoms with Gasteiger partial charge in [0.2, 0.25) is 0 Å². The van der Waals surface area contributed by atoms with Crippen LogP contribution in [-0.2, 0) is 23.7 Å². The van der Waals surface area contributed by atoms with Gasteiger partial charge in [-0.25, -0.2) is 4.79 Å². The molecule has 0 aromatic carbocycles. The smallest absolute Gasteiger partial charge is 0.339 e. The highest BCUT2D eigenvalue weighted by Crippen LogP contribution is 2.43. The van der Waals surface area contributed by atoms with E-state index in [4.69, 9.17) is 18.9 Å². The number of ether oxygens (including phenoxy) is 4. The molecular formula is C12H18O5. The van der Waals surface area contributed by atoms with Crippen LogP contribution in [0.1, 0.15) is 27.7 Å². The average Bonchev–Trinajstić information content (AvgIpc) is 2.55. The highest BCUT2D eigenvalue weighted by atomic mass is 16.7. The number of carbonyl (C=O) groups is 1. The van der Waals surface area contributed by atoms with E-state index in [1.54, 1.807) is 13.8 Å². The van der Waals surface area contributed by atoms with Crippen LogP contribution in [0.25, 0.3) is 0 Å². The van der Waals surface area contributed by atoms with Gasteiger partial charge in [0.1, 0.15) is 29.1 Å². The molecule has 4 atom stereocenters. The molecule has 2 aliphatic heterocycles. The third kappa shape index (κ3) is 1.73. The molecule has 0 radical (unpaired) electrons. The van der Waals surface area contributed by atoms with Crippen molar-refractivity contribution in [3.63, 3.8) is 0 Å². The van der Waals surface area contributed by atoms with Crippen LogP contribution in [0, 0.1) is 0 Å². The summed E-state index contributed by atoms with van der Waals surface area (Å²) in [5.41, 5.74) is -0.236. The van der Waals surface area contributed by atoms with E-state index in [1.807, 2.05) is 13.8 Å². The van der Waals surface area contributed by atoms with Gasteiger partial charge in [-0.1, -0.05) is 0 Å². The van der Waals surface area contributed by atoms with Gasteiger partial charge in [-0.3, -0.25) is 0 Å². The number of fused-ring (bicyclic) bond motifs is 1. The molecule has 17 heavy (non-hydrogen) atoms. The second-order valence-corrected chi connectivity index (χ2v) is 4.61. The van der Waals surface area contributed by atoms with E-state index in [0.717, 1.165) is 0 Å². The van der Waals surface area contributed by atoms with Gasteiger partial charge < -0.3 is 18.9 Å². The Morgan fingerprint density at radius 2 is 2.06 bits per heavy atom. The number of rotatable bonds is 1. The quantitative estimate of drug-likeness (QED) is 0.650. The summed E-state index contributed by atoms with van der Waals surface area (Å²) in [6, 6.07) is 0. The lowest BCUT2D eigenvalue weighted by Gasteiger charge is -2.39. The van der Waals surface area contributed by atoms with Gasteiger partial charge in [-0.05, 0) is 27.7 Å². The van der Waals surface area contributed by atoms with Crippen molar-refractivity contribution < 1.29 is 23.7 Å². The van der Waals surface area contributed by atoms with E-state index in [0.29, 0.717) is 11.3 Å². The lowest BCUT2D eigenvalue weighted by atomic mass is 9.85. The lowest BCUT2D eigenvalue weighted by molar-refractivity contribution is -0.143. The van der Waals surface area contributed by atoms with Crippen molar-refractivity contribution in [3.05, 3.63) is 11.3 Å². The number of methoxy groups -OCH3 is 1. The third-order valence-corrected chi connectivity index (χ3v) is 3.48. The molecule has 0 amide bonds. The molecule has 2 heterocycles. The molecule has 5 heteroatoms. The molecular weight excluding hydrogens is 224 g/mol. The first-order valence-electron chi connectivity index (χ1n) is 5.69. The van der Waals surface area contributed by atoms with Gasteiger partial charge in [-0.2, -0.15) is 0 Å². The van der Waals surface area contributed by atoms with Gasteiger partial charge in [0.25, 0.3) is 0 Å². The normalized spacial score (nSPS) is 40.9. The van der Waals surface area contributed by atoms with Crippen LogP contribution in [0.3, 0.4) is 0 Å². The van der Waals surface area contributed by atoms with Crippen molar-refractivity contribution >= 4 is 5.97 Å². The first kappa shape index (κ1) is 12.4. The fourth-order valence-corrected chi connectivity index (χ4v) is 2.43. The Hall–Kier alpha value is -1.07. The van der Waals surface area contributed by atoms with Gasteiger partial charge >= 0.3 is 5.97 Å². The summed E-state index contributed by atoms with van der Waals surface area (Å²) in [6.07, 6.45) is -0.971. The van der Waals surface area contributed by atoms with Crippen LogP contribution in [-0.4, -0.2) is 37.2 Å². The monoisotopic (exact) mass is 242 g/mol. The van der Waals surface area contributed by atoms with E-state index in [-0.39, 0.29) is 12.4 Å². The summed E-state index contributed by atoms with van der Waals surface area (Å²) in [5.74, 6) is 0.118. The first-order chi connectivity index (χ1) is 7.90. The molecule has 96 valence electrons. The maximum absolute atomic E-state index is 11.8. The topological polar surface area (TPSA) is 54.0 Å². The summed E-state index contributed by atoms with van der Waals surface area (Å²) in [5, 5.41) is 0. The van der Waals surface area contributed by atoms with E-state index in [2.05, 4.69) is 0 Å². The Bertz CT molecular complexity index is 375. The van der Waals surface area contributed by atoms with Crippen molar-refractivity contribution in [1.29, 1.82) is 0 Å². The molecule has 0 aliphatic carbocycles. The molecule has 0 N–H and O–H groups in total. The molecule has 1 saturated heterocycles. The van der Waals surface area contributed by atoms with Crippen molar-refractivity contribution in [2.45, 2.75) is 51.8 Å². The molecule has 0 bridgehead atoms. The molecule has 2 rings (SSSR count). The second-order valence-electron chi connectivity index (χ2n) is 4.61. The minimum atomic E-state index is -0.650. The molecule has 0 saturated carbocycles. The zero-order chi connectivity index (χ0) is 12.8. The number of carbonyl (C=O) groups excluding carboxylic acids is 1. The molecule has 0 aromatic heterocycles. The van der Waals surface area contributed by atoms with E-state index in [9.17, 15) is 4.79 Å². The van der Waals surface area contributed by atoms with Gasteiger partial charge in [0, 0.05) is 0 Å². The van der Waals surface area contributed by atoms with Crippen molar-refractivity contribution in [1.82, 2.24) is 0 Å². The Morgan fingerprint density at radius 3 is 2.65 bits per heavy atom. The molecule has 2 aliphatic rings. The standard InChI is InChI=1S/C12H18O5/c1-6-9(11(13)14-5)10-12(4,7(2)15-6)17-8(3)16-10/h7-8,10H,1-5H3/t7-,8?,10?,12-/m0/s1. The van der Waals surface area contributed by atoms with Crippen LogP contribution in [0.2, 0.25) is 0 Å². The number of hydrogen-bond acceptors (Lipinski definition) is 5. The number of hydrogen-bond donors (Lipinski definition) is 0. The highest BCUT2D eigenvalue weighted by molar-refractivity contribution is 5.90. The fourth-order valence-electron chi connectivity index (χ4n) is 2.43. The minimum absolute atomic E-state index is 0.175. The van der Waals surface area contributed by atoms with Crippen molar-refractivity contribution in [3.8, 4) is 0 Å². The molecule has 2 unspecified atom stereocenters. The lowest BCUT2D eigenvalue weighted by Crippen LogP contribution is -2.52. The number of esters is 1. The SMILES string of the molecule is COC(=O)C1=C(C)O[C@@H](C)[C@]2(C)OC(C)OC12. The zero-order valence-electron chi connectivity index (χ0n) is 10.8. The predicted molar refractivity (Wildman–Crippen MR) is 59.1 cm³/mol. The van der Waals surface area contributed by atoms with Crippen LogP contribution >= 0.6 is 0 Å². The summed E-state index contributed by atoms with van der Waals surface area (Å²) in [6.45, 7) is 7.35. The van der Waals surface area contributed by atoms with Crippen LogP contribution in [0.15, 0.2) is 11.3 Å². The van der Waals surface area contributed by atoms with Crippen LogP contribution in [0.5, 0.6) is 0 Å². The largest absolute Gasteiger partial charge is 0.492 e. The summed E-state index contributed by atoms with van der Waals surface area (Å²) in [7, 11) is 1.34. The third-order valence-electron chi connectivity index (χ3n) is 3.48. The second kappa shape index (κ2) is 3.99. The van der Waals surface area contributed by atoms with Crippen molar-refractivity contribution in [2.75, 3.05) is 7.11 Å². The van der Waals surface area contributed by atoms with E-state index < -0.39 is 17.7 Å². The van der Waals surface area contributed by atoms with E-state index in [1.165, 1.54) is 7.11 Å². The first-order valence-corrected chi connectivity index (χ1v) is 5.69. The van der Waals surface area contributed by atoms with Crippen molar-refractivity contribution in [2.24, 2.45) is 0 Å². The predicted octanol–water partition coefficient (Wildman–Crippen LogP) is 1.37. The Kier molecular flexibility index (Phi) is 2.91. The molecule has 0 aromatic rings. The van der Waals surface area contributed by atoms with E-state index >= 15 is 0 Å². The van der Waals surface area contributed by atoms with Crippen LogP contribution in [0.4, 0.5) is 0 Å². The minimum Gasteiger partial charge on any atom is -0.492 e. The zero-order valence-corrected chi connectivity index (χ0v) is 10.8. The fraction of sp³-hybridized carbons (Fsp3) is 0.750. The molecule has 5 nitrogen and oxygen atoms in total. The number of allylic oxidation sites excluding steroid dienone is 1.